The van der Waals surface area contributed by atoms with Crippen molar-refractivity contribution in [2.75, 3.05) is 0 Å². The van der Waals surface area contributed by atoms with Gasteiger partial charge in [0.1, 0.15) is 0 Å². The van der Waals surface area contributed by atoms with E-state index in [2.05, 4.69) is 2.84 Å². The van der Waals surface area contributed by atoms with Crippen LogP contribution in [0.3, 0.4) is 0 Å². The van der Waals surface area contributed by atoms with Gasteiger partial charge in [-0.1, -0.05) is 0 Å². The Morgan fingerprint density at radius 1 is 1.07 bits per heavy atom. The summed E-state index contributed by atoms with van der Waals surface area (Å²) in [5.74, 6) is 0. The molecule has 0 heterocycles. The van der Waals surface area contributed by atoms with Gasteiger partial charge in [-0.2, -0.15) is 8.42 Å². The van der Waals surface area contributed by atoms with Gasteiger partial charge in [0.25, 0.3) is 0 Å². The van der Waals surface area contributed by atoms with Crippen molar-refractivity contribution in [1.82, 2.24) is 0 Å². The van der Waals surface area contributed by atoms with Crippen LogP contribution >= 0.6 is 0 Å². The van der Waals surface area contributed by atoms with Gasteiger partial charge < -0.3 is 0 Å². The van der Waals surface area contributed by atoms with E-state index in [-0.39, 0.29) is 29.6 Å². The first-order valence-corrected chi connectivity index (χ1v) is 7.66. The molecule has 88 valence electrons. The van der Waals surface area contributed by atoms with Gasteiger partial charge in [-0.25, -0.2) is 0 Å². The van der Waals surface area contributed by atoms with Crippen LogP contribution in [-0.4, -0.2) is 21.7 Å². The van der Waals surface area contributed by atoms with Gasteiger partial charge in [0.2, 0.25) is 0 Å². The summed E-state index contributed by atoms with van der Waals surface area (Å²) in [6.45, 7) is 0. The maximum absolute atomic E-state index is 9.49. The molecule has 0 spiro atoms. The van der Waals surface area contributed by atoms with Crippen molar-refractivity contribution < 1.29 is 101 Å². The minimum atomic E-state index is -6.01. The molecule has 0 fully saturated rings. The standard InChI is InChI=1S/2Cr.Na.H2O4S.H2O.6O/c;;;1-5(2,3)4;;;;;;;/h;;;(H2,1,2,3,4);1H2;;;;;;/q;2*+1;;;;;;;;-1/p-1. The van der Waals surface area contributed by atoms with E-state index in [0.717, 1.165) is 0 Å². The van der Waals surface area contributed by atoms with Gasteiger partial charge >= 0.3 is 93.6 Å². The second kappa shape index (κ2) is 7.36. The first-order chi connectivity index (χ1) is 5.71. The quantitative estimate of drug-likeness (QED) is 0.320. The van der Waals surface area contributed by atoms with Crippen LogP contribution in [0.25, 0.3) is 0 Å². The Morgan fingerprint density at radius 3 is 1.27 bits per heavy atom. The minimum absolute atomic E-state index is 0. The van der Waals surface area contributed by atoms with Crippen LogP contribution in [0.1, 0.15) is 0 Å². The predicted molar refractivity (Wildman–Crippen MR) is 20.2 cm³/mol. The van der Waals surface area contributed by atoms with Crippen molar-refractivity contribution in [3.63, 3.8) is 0 Å². The van der Waals surface area contributed by atoms with Crippen LogP contribution in [-0.2, 0) is 55.7 Å². The first kappa shape index (κ1) is 21.3. The monoisotopic (exact) mass is 338 g/mol. The van der Waals surface area contributed by atoms with Crippen LogP contribution in [0, 0.1) is 0 Å². The summed E-state index contributed by atoms with van der Waals surface area (Å²) in [5, 5.41) is 0. The molecule has 0 aliphatic carbocycles. The number of hydrogen-bond acceptors (Lipinski definition) is 8. The molecule has 0 saturated carbocycles. The van der Waals surface area contributed by atoms with E-state index >= 15 is 0 Å². The molecular formula is H3Cr2NaO11S. The first-order valence-electron chi connectivity index (χ1n) is 2.05. The van der Waals surface area contributed by atoms with Crippen LogP contribution in [0.2, 0.25) is 0 Å². The predicted octanol–water partition coefficient (Wildman–Crippen LogP) is -5.94. The Morgan fingerprint density at radius 2 is 1.27 bits per heavy atom. The third-order valence-corrected chi connectivity index (χ3v) is 2.88. The fourth-order valence-corrected chi connectivity index (χ4v) is 1.79. The molecule has 11 nitrogen and oxygen atoms in total. The summed E-state index contributed by atoms with van der Waals surface area (Å²) in [7, 11) is -4.67. The van der Waals surface area contributed by atoms with Crippen LogP contribution < -0.4 is 33.7 Å². The van der Waals surface area contributed by atoms with Crippen molar-refractivity contribution in [1.29, 1.82) is 0 Å². The fraction of sp³-hybridized carbons (Fsp3) is 0. The molecule has 15 heavy (non-hydrogen) atoms. The zero-order valence-corrected chi connectivity index (χ0v) is 12.2. The molecule has 0 unspecified atom stereocenters. The van der Waals surface area contributed by atoms with E-state index in [1.807, 2.05) is 0 Å². The molecule has 15 heteroatoms. The van der Waals surface area contributed by atoms with Crippen molar-refractivity contribution in [3.05, 3.63) is 0 Å². The van der Waals surface area contributed by atoms with Crippen molar-refractivity contribution in [3.8, 4) is 0 Å². The number of rotatable bonds is 2. The summed E-state index contributed by atoms with van der Waals surface area (Å²) in [5.41, 5.74) is 0. The summed E-state index contributed by atoms with van der Waals surface area (Å²) in [6.07, 6.45) is 0. The summed E-state index contributed by atoms with van der Waals surface area (Å²) < 4.78 is 89.2. The molecule has 0 aliphatic heterocycles. The molecule has 0 aromatic carbocycles. The average Bonchev–Trinajstić information content (AvgIpc) is 1.42. The van der Waals surface area contributed by atoms with E-state index in [1.165, 1.54) is 0 Å². The summed E-state index contributed by atoms with van der Waals surface area (Å²) in [4.78, 5) is 0. The van der Waals surface area contributed by atoms with Crippen LogP contribution in [0.15, 0.2) is 0 Å². The summed E-state index contributed by atoms with van der Waals surface area (Å²) in [6, 6.07) is 0. The zero-order chi connectivity index (χ0) is 12.2. The van der Waals surface area contributed by atoms with Gasteiger partial charge in [0.05, 0.1) is 0 Å². The Bertz CT molecular complexity index is 411. The maximum atomic E-state index is 9.49. The summed E-state index contributed by atoms with van der Waals surface area (Å²) >= 11 is -11.8. The van der Waals surface area contributed by atoms with E-state index < -0.39 is 37.6 Å². The molecule has 0 bridgehead atoms. The Balaban J connectivity index is -0.000000208. The van der Waals surface area contributed by atoms with E-state index in [9.17, 15) is 19.4 Å². The normalized spacial score (nSPS) is 12.0. The molecule has 3 N–H and O–H groups in total. The van der Waals surface area contributed by atoms with Crippen LogP contribution in [0.4, 0.5) is 0 Å². The van der Waals surface area contributed by atoms with E-state index in [4.69, 9.17) is 21.7 Å². The average molecular weight is 338 g/mol. The molecule has 0 aromatic rings. The topological polar surface area (TPSA) is 195 Å². The van der Waals surface area contributed by atoms with Crippen molar-refractivity contribution in [2.45, 2.75) is 0 Å². The van der Waals surface area contributed by atoms with Gasteiger partial charge in [0.15, 0.2) is 0 Å². The van der Waals surface area contributed by atoms with Crippen molar-refractivity contribution in [2.24, 2.45) is 0 Å². The van der Waals surface area contributed by atoms with Gasteiger partial charge in [-0.15, -0.1) is 0 Å². The molecule has 0 rings (SSSR count). The van der Waals surface area contributed by atoms with Crippen LogP contribution in [0.5, 0.6) is 0 Å². The Kier molecular flexibility index (Phi) is 10.5. The van der Waals surface area contributed by atoms with Gasteiger partial charge in [-0.3, -0.25) is 9.11 Å². The van der Waals surface area contributed by atoms with Gasteiger partial charge in [-0.05, 0) is 0 Å². The second-order valence-electron chi connectivity index (χ2n) is 1.35. The molecule has 0 radical (unpaired) electrons. The number of hydrogen-bond donors (Lipinski definition) is 3. The molecule has 0 aliphatic rings. The molecule has 0 saturated heterocycles. The second-order valence-corrected chi connectivity index (χ2v) is 5.95. The third kappa shape index (κ3) is 51.7. The van der Waals surface area contributed by atoms with E-state index in [1.54, 1.807) is 0 Å². The van der Waals surface area contributed by atoms with Gasteiger partial charge in [0, 0.05) is 0 Å². The molecule has 0 amide bonds. The zero-order valence-electron chi connectivity index (χ0n) is 6.83. The van der Waals surface area contributed by atoms with Crippen molar-refractivity contribution >= 4 is 10.4 Å². The molecule has 0 aromatic heterocycles. The third-order valence-electron chi connectivity index (χ3n) is 0.169. The van der Waals surface area contributed by atoms with E-state index in [0.29, 0.717) is 0 Å². The molecule has 0 atom stereocenters. The molecular weight excluding hydrogens is 335 g/mol. The fourth-order valence-electron chi connectivity index (χ4n) is 0.105. The Labute approximate surface area is 110 Å². The SMILES string of the molecule is O=S(=O)(O)O.[Na+].[O]=[Cr](=[O])([O-])[O][Cr](=[O])(=[O])[OH]. The Hall–Kier alpha value is 1.01.